The molecule has 4 rings (SSSR count). The molecule has 0 aliphatic carbocycles. The number of carbonyl (C=O) groups is 1. The van der Waals surface area contributed by atoms with Gasteiger partial charge in [0.15, 0.2) is 0 Å². The molecular formula is C17H25N5O. The number of likely N-dealkylation sites (tertiary alicyclic amines) is 1. The zero-order valence-corrected chi connectivity index (χ0v) is 13.7. The van der Waals surface area contributed by atoms with Crippen molar-refractivity contribution in [3.8, 4) is 0 Å². The first kappa shape index (κ1) is 14.9. The lowest BCUT2D eigenvalue weighted by atomic mass is 9.75. The molecule has 3 saturated heterocycles. The molecule has 1 amide bonds. The maximum atomic E-state index is 12.5. The van der Waals surface area contributed by atoms with Crippen LogP contribution in [0, 0.1) is 11.8 Å². The summed E-state index contributed by atoms with van der Waals surface area (Å²) in [4.78, 5) is 25.8. The molecule has 1 spiro atoms. The number of hydrogen-bond donors (Lipinski definition) is 1. The normalized spacial score (nSPS) is 29.8. The zero-order chi connectivity index (χ0) is 15.9. The smallest absolute Gasteiger partial charge is 0.225 e. The quantitative estimate of drug-likeness (QED) is 0.898. The summed E-state index contributed by atoms with van der Waals surface area (Å²) in [5.41, 5.74) is 0.00293. The SMILES string of the molecule is CCCN1C[C@@H]2C(=O)NC3(CCN(c4cnccn4)CC3)[C@@H]2C1. The third-order valence-electron chi connectivity index (χ3n) is 5.88. The summed E-state index contributed by atoms with van der Waals surface area (Å²) >= 11 is 0. The molecule has 0 unspecified atom stereocenters. The number of fused-ring (bicyclic) bond motifs is 2. The first-order chi connectivity index (χ1) is 11.2. The van der Waals surface area contributed by atoms with E-state index in [0.29, 0.717) is 5.92 Å². The van der Waals surface area contributed by atoms with Gasteiger partial charge in [0, 0.05) is 50.0 Å². The summed E-state index contributed by atoms with van der Waals surface area (Å²) < 4.78 is 0. The number of piperidine rings is 1. The van der Waals surface area contributed by atoms with E-state index in [2.05, 4.69) is 32.0 Å². The summed E-state index contributed by atoms with van der Waals surface area (Å²) in [5, 5.41) is 3.38. The van der Waals surface area contributed by atoms with Crippen molar-refractivity contribution in [3.05, 3.63) is 18.6 Å². The van der Waals surface area contributed by atoms with E-state index in [1.165, 1.54) is 0 Å². The Hall–Kier alpha value is -1.69. The Morgan fingerprint density at radius 3 is 2.83 bits per heavy atom. The Morgan fingerprint density at radius 1 is 1.30 bits per heavy atom. The second-order valence-electron chi connectivity index (χ2n) is 7.17. The summed E-state index contributed by atoms with van der Waals surface area (Å²) in [6.07, 6.45) is 8.46. The molecule has 124 valence electrons. The van der Waals surface area contributed by atoms with Gasteiger partial charge in [0.2, 0.25) is 5.91 Å². The Kier molecular flexibility index (Phi) is 3.71. The van der Waals surface area contributed by atoms with E-state index in [4.69, 9.17) is 0 Å². The molecule has 3 aliphatic rings. The minimum Gasteiger partial charge on any atom is -0.355 e. The molecule has 3 aliphatic heterocycles. The van der Waals surface area contributed by atoms with Gasteiger partial charge in [0.25, 0.3) is 0 Å². The number of carbonyl (C=O) groups excluding carboxylic acids is 1. The maximum Gasteiger partial charge on any atom is 0.225 e. The first-order valence-electron chi connectivity index (χ1n) is 8.77. The van der Waals surface area contributed by atoms with Crippen LogP contribution in [-0.4, -0.2) is 59.0 Å². The molecule has 3 fully saturated rings. The summed E-state index contributed by atoms with van der Waals surface area (Å²) in [7, 11) is 0. The number of nitrogens with zero attached hydrogens (tertiary/aromatic N) is 4. The van der Waals surface area contributed by atoms with Crippen molar-refractivity contribution in [2.45, 2.75) is 31.7 Å². The Morgan fingerprint density at radius 2 is 2.13 bits per heavy atom. The molecule has 6 nitrogen and oxygen atoms in total. The lowest BCUT2D eigenvalue weighted by Crippen LogP contribution is -2.55. The van der Waals surface area contributed by atoms with Gasteiger partial charge in [0.05, 0.1) is 12.1 Å². The highest BCUT2D eigenvalue weighted by molar-refractivity contribution is 5.83. The van der Waals surface area contributed by atoms with Crippen molar-refractivity contribution in [2.75, 3.05) is 37.6 Å². The van der Waals surface area contributed by atoms with E-state index in [1.54, 1.807) is 12.4 Å². The van der Waals surface area contributed by atoms with Crippen LogP contribution in [0.15, 0.2) is 18.6 Å². The van der Waals surface area contributed by atoms with Gasteiger partial charge in [-0.05, 0) is 25.8 Å². The summed E-state index contributed by atoms with van der Waals surface area (Å²) in [6, 6.07) is 0. The van der Waals surface area contributed by atoms with Crippen molar-refractivity contribution in [2.24, 2.45) is 11.8 Å². The van der Waals surface area contributed by atoms with Crippen LogP contribution >= 0.6 is 0 Å². The lowest BCUT2D eigenvalue weighted by Gasteiger charge is -2.43. The second kappa shape index (κ2) is 5.74. The predicted octanol–water partition coefficient (Wildman–Crippen LogP) is 0.903. The lowest BCUT2D eigenvalue weighted by molar-refractivity contribution is -0.123. The van der Waals surface area contributed by atoms with Crippen LogP contribution in [0.1, 0.15) is 26.2 Å². The third-order valence-corrected chi connectivity index (χ3v) is 5.88. The Labute approximate surface area is 137 Å². The first-order valence-corrected chi connectivity index (χ1v) is 8.77. The Balaban J connectivity index is 1.47. The van der Waals surface area contributed by atoms with Crippen LogP contribution in [0.4, 0.5) is 5.82 Å². The molecule has 23 heavy (non-hydrogen) atoms. The molecule has 4 heterocycles. The van der Waals surface area contributed by atoms with E-state index in [0.717, 1.165) is 57.8 Å². The maximum absolute atomic E-state index is 12.5. The van der Waals surface area contributed by atoms with Crippen LogP contribution in [0.2, 0.25) is 0 Å². The minimum atomic E-state index is 0.00293. The van der Waals surface area contributed by atoms with Crippen LogP contribution in [0.5, 0.6) is 0 Å². The van der Waals surface area contributed by atoms with Crippen molar-refractivity contribution >= 4 is 11.7 Å². The molecule has 6 heteroatoms. The predicted molar refractivity (Wildman–Crippen MR) is 88.1 cm³/mol. The average molecular weight is 315 g/mol. The van der Waals surface area contributed by atoms with Crippen molar-refractivity contribution in [3.63, 3.8) is 0 Å². The highest BCUT2D eigenvalue weighted by Crippen LogP contribution is 2.44. The fraction of sp³-hybridized carbons (Fsp3) is 0.706. The number of nitrogens with one attached hydrogen (secondary N) is 1. The molecule has 1 aromatic heterocycles. The third kappa shape index (κ3) is 2.49. The van der Waals surface area contributed by atoms with Gasteiger partial charge in [-0.25, -0.2) is 4.98 Å². The topological polar surface area (TPSA) is 61.4 Å². The van der Waals surface area contributed by atoms with Crippen LogP contribution < -0.4 is 10.2 Å². The van der Waals surface area contributed by atoms with Crippen LogP contribution in [0.25, 0.3) is 0 Å². The number of rotatable bonds is 3. The second-order valence-corrected chi connectivity index (χ2v) is 7.17. The molecule has 1 N–H and O–H groups in total. The van der Waals surface area contributed by atoms with Gasteiger partial charge >= 0.3 is 0 Å². The number of anilines is 1. The van der Waals surface area contributed by atoms with Crippen molar-refractivity contribution in [1.29, 1.82) is 0 Å². The zero-order valence-electron chi connectivity index (χ0n) is 13.7. The summed E-state index contributed by atoms with van der Waals surface area (Å²) in [6.45, 7) is 7.22. The van der Waals surface area contributed by atoms with Crippen LogP contribution in [0.3, 0.4) is 0 Å². The number of aromatic nitrogens is 2. The van der Waals surface area contributed by atoms with Crippen molar-refractivity contribution < 1.29 is 4.79 Å². The number of amides is 1. The van der Waals surface area contributed by atoms with E-state index in [-0.39, 0.29) is 17.4 Å². The van der Waals surface area contributed by atoms with Gasteiger partial charge in [-0.1, -0.05) is 6.92 Å². The fourth-order valence-corrected chi connectivity index (χ4v) is 4.73. The van der Waals surface area contributed by atoms with Crippen LogP contribution in [-0.2, 0) is 4.79 Å². The molecular weight excluding hydrogens is 290 g/mol. The van der Waals surface area contributed by atoms with Gasteiger partial charge in [0.1, 0.15) is 5.82 Å². The highest BCUT2D eigenvalue weighted by Gasteiger charge is 2.57. The molecule has 0 radical (unpaired) electrons. The summed E-state index contributed by atoms with van der Waals surface area (Å²) in [5.74, 6) is 1.90. The Bertz CT molecular complexity index is 570. The molecule has 0 aromatic carbocycles. The standard InChI is InChI=1S/C17H25N5O/c1-2-7-21-11-13-14(12-21)17(20-16(13)23)3-8-22(9-4-17)15-10-18-5-6-19-15/h5-6,10,13-14H,2-4,7-9,11-12H2,1H3,(H,20,23)/t13-,14+/m0/s1. The van der Waals surface area contributed by atoms with Gasteiger partial charge in [-0.15, -0.1) is 0 Å². The minimum absolute atomic E-state index is 0.00293. The highest BCUT2D eigenvalue weighted by atomic mass is 16.2. The average Bonchev–Trinajstić information content (AvgIpc) is 3.10. The molecule has 2 atom stereocenters. The number of hydrogen-bond acceptors (Lipinski definition) is 5. The van der Waals surface area contributed by atoms with E-state index in [1.807, 2.05) is 6.20 Å². The van der Waals surface area contributed by atoms with Gasteiger partial charge < -0.3 is 15.1 Å². The van der Waals surface area contributed by atoms with Crippen molar-refractivity contribution in [1.82, 2.24) is 20.2 Å². The molecule has 0 saturated carbocycles. The van der Waals surface area contributed by atoms with Gasteiger partial charge in [-0.2, -0.15) is 0 Å². The molecule has 0 bridgehead atoms. The monoisotopic (exact) mass is 315 g/mol. The van der Waals surface area contributed by atoms with E-state index in [9.17, 15) is 4.79 Å². The van der Waals surface area contributed by atoms with E-state index >= 15 is 0 Å². The molecule has 1 aromatic rings. The fourth-order valence-electron chi connectivity index (χ4n) is 4.73. The van der Waals surface area contributed by atoms with E-state index < -0.39 is 0 Å². The largest absolute Gasteiger partial charge is 0.355 e. The van der Waals surface area contributed by atoms with Gasteiger partial charge in [-0.3, -0.25) is 9.78 Å².